The van der Waals surface area contributed by atoms with E-state index in [4.69, 9.17) is 4.74 Å². The molecule has 176 valence electrons. The van der Waals surface area contributed by atoms with Crippen molar-refractivity contribution < 1.29 is 33.4 Å². The molecule has 34 heavy (non-hydrogen) atoms. The number of anilines is 1. The summed E-state index contributed by atoms with van der Waals surface area (Å²) in [4.78, 5) is 36.6. The lowest BCUT2D eigenvalue weighted by molar-refractivity contribution is -0.143. The maximum atomic E-state index is 13.6. The molecule has 0 aliphatic carbocycles. The van der Waals surface area contributed by atoms with Gasteiger partial charge in [-0.1, -0.05) is 12.1 Å². The SMILES string of the molecule is COC(=O)[C@H](CO)NC(=O)c1ccc(C2=C/C(=C3\C(=O)Nc4cc(F)ccc43)OC2(C)C)cc1. The van der Waals surface area contributed by atoms with Crippen molar-refractivity contribution in [2.75, 3.05) is 19.0 Å². The Morgan fingerprint density at radius 1 is 1.21 bits per heavy atom. The molecule has 3 N–H and O–H groups in total. The highest BCUT2D eigenvalue weighted by molar-refractivity contribution is 6.32. The van der Waals surface area contributed by atoms with Crippen molar-refractivity contribution in [2.45, 2.75) is 25.5 Å². The summed E-state index contributed by atoms with van der Waals surface area (Å²) in [6, 6.07) is 9.54. The van der Waals surface area contributed by atoms with Crippen molar-refractivity contribution in [3.8, 4) is 0 Å². The van der Waals surface area contributed by atoms with Crippen LogP contribution in [0.2, 0.25) is 0 Å². The number of aliphatic hydroxyl groups is 1. The third kappa shape index (κ3) is 4.17. The molecule has 4 rings (SSSR count). The minimum Gasteiger partial charge on any atom is -0.482 e. The molecule has 1 atom stereocenters. The predicted octanol–water partition coefficient (Wildman–Crippen LogP) is 2.65. The number of ether oxygens (including phenoxy) is 2. The highest BCUT2D eigenvalue weighted by Crippen LogP contribution is 2.44. The number of halogens is 1. The van der Waals surface area contributed by atoms with Crippen LogP contribution in [0.3, 0.4) is 0 Å². The number of carbonyl (C=O) groups excluding carboxylic acids is 3. The first-order valence-corrected chi connectivity index (χ1v) is 10.5. The first kappa shape index (κ1) is 23.2. The molecule has 0 fully saturated rings. The van der Waals surface area contributed by atoms with Crippen LogP contribution >= 0.6 is 0 Å². The summed E-state index contributed by atoms with van der Waals surface area (Å²) in [7, 11) is 1.17. The number of esters is 1. The summed E-state index contributed by atoms with van der Waals surface area (Å²) in [5.41, 5.74) is 2.34. The van der Waals surface area contributed by atoms with Crippen LogP contribution in [0.5, 0.6) is 0 Å². The van der Waals surface area contributed by atoms with E-state index in [0.717, 1.165) is 11.1 Å². The lowest BCUT2D eigenvalue weighted by Crippen LogP contribution is -2.44. The van der Waals surface area contributed by atoms with E-state index in [1.165, 1.54) is 25.3 Å². The smallest absolute Gasteiger partial charge is 0.330 e. The van der Waals surface area contributed by atoms with Gasteiger partial charge in [0.1, 0.15) is 17.2 Å². The Morgan fingerprint density at radius 2 is 1.91 bits per heavy atom. The highest BCUT2D eigenvalue weighted by Gasteiger charge is 2.38. The summed E-state index contributed by atoms with van der Waals surface area (Å²) in [5.74, 6) is -1.74. The average Bonchev–Trinajstić information content (AvgIpc) is 3.30. The van der Waals surface area contributed by atoms with Crippen molar-refractivity contribution in [2.24, 2.45) is 0 Å². The molecule has 9 heteroatoms. The Morgan fingerprint density at radius 3 is 2.56 bits per heavy atom. The number of carbonyl (C=O) groups is 3. The molecule has 2 heterocycles. The zero-order chi connectivity index (χ0) is 24.6. The average molecular weight is 466 g/mol. The number of benzene rings is 2. The maximum Gasteiger partial charge on any atom is 0.330 e. The van der Waals surface area contributed by atoms with Gasteiger partial charge in [0, 0.05) is 16.7 Å². The van der Waals surface area contributed by atoms with Crippen LogP contribution < -0.4 is 10.6 Å². The molecule has 0 aromatic heterocycles. The van der Waals surface area contributed by atoms with E-state index in [0.29, 0.717) is 22.6 Å². The van der Waals surface area contributed by atoms with Gasteiger partial charge in [-0.2, -0.15) is 0 Å². The number of nitrogens with one attached hydrogen (secondary N) is 2. The number of rotatable bonds is 5. The Bertz CT molecular complexity index is 1250. The summed E-state index contributed by atoms with van der Waals surface area (Å²) < 4.78 is 24.2. The van der Waals surface area contributed by atoms with Crippen LogP contribution in [0.25, 0.3) is 11.1 Å². The van der Waals surface area contributed by atoms with Crippen molar-refractivity contribution in [3.05, 3.63) is 76.8 Å². The van der Waals surface area contributed by atoms with Gasteiger partial charge in [0.15, 0.2) is 6.04 Å². The maximum absolute atomic E-state index is 13.6. The fourth-order valence-electron chi connectivity index (χ4n) is 3.97. The van der Waals surface area contributed by atoms with E-state index in [2.05, 4.69) is 15.4 Å². The number of aliphatic hydroxyl groups excluding tert-OH is 1. The molecule has 2 aliphatic rings. The molecular weight excluding hydrogens is 443 g/mol. The molecule has 0 unspecified atom stereocenters. The first-order chi connectivity index (χ1) is 16.1. The second kappa shape index (κ2) is 8.75. The number of hydrogen-bond donors (Lipinski definition) is 3. The molecule has 0 bridgehead atoms. The topological polar surface area (TPSA) is 114 Å². The van der Waals surface area contributed by atoms with E-state index in [-0.39, 0.29) is 11.5 Å². The molecule has 2 aromatic rings. The Hall–Kier alpha value is -3.98. The van der Waals surface area contributed by atoms with Crippen LogP contribution in [0, 0.1) is 5.82 Å². The third-order valence-corrected chi connectivity index (χ3v) is 5.69. The number of methoxy groups -OCH3 is 1. The van der Waals surface area contributed by atoms with Gasteiger partial charge in [0.2, 0.25) is 0 Å². The fourth-order valence-corrected chi connectivity index (χ4v) is 3.97. The Labute approximate surface area is 195 Å². The molecular formula is C25H23FN2O6. The van der Waals surface area contributed by atoms with Gasteiger partial charge in [0.05, 0.1) is 25.0 Å². The fraction of sp³-hybridized carbons (Fsp3) is 0.240. The Balaban J connectivity index is 1.63. The molecule has 8 nitrogen and oxygen atoms in total. The van der Waals surface area contributed by atoms with Gasteiger partial charge in [-0.05, 0) is 55.8 Å². The minimum absolute atomic E-state index is 0.285. The highest BCUT2D eigenvalue weighted by atomic mass is 19.1. The zero-order valence-electron chi connectivity index (χ0n) is 18.8. The van der Waals surface area contributed by atoms with E-state index in [1.807, 2.05) is 13.8 Å². The molecule has 0 saturated heterocycles. The number of allylic oxidation sites excluding steroid dienone is 1. The van der Waals surface area contributed by atoms with Gasteiger partial charge in [-0.25, -0.2) is 9.18 Å². The number of amides is 2. The quantitative estimate of drug-likeness (QED) is 0.461. The van der Waals surface area contributed by atoms with Gasteiger partial charge in [-0.3, -0.25) is 9.59 Å². The second-order valence-corrected chi connectivity index (χ2v) is 8.36. The van der Waals surface area contributed by atoms with Crippen LogP contribution in [0.1, 0.15) is 35.3 Å². The predicted molar refractivity (Wildman–Crippen MR) is 122 cm³/mol. The summed E-state index contributed by atoms with van der Waals surface area (Å²) in [6.07, 6.45) is 1.77. The Kier molecular flexibility index (Phi) is 5.97. The van der Waals surface area contributed by atoms with Gasteiger partial charge in [-0.15, -0.1) is 0 Å². The van der Waals surface area contributed by atoms with Gasteiger partial charge in [0.25, 0.3) is 11.8 Å². The lowest BCUT2D eigenvalue weighted by atomic mass is 9.91. The van der Waals surface area contributed by atoms with Crippen molar-refractivity contribution in [1.82, 2.24) is 5.32 Å². The number of fused-ring (bicyclic) bond motifs is 1. The minimum atomic E-state index is -1.16. The first-order valence-electron chi connectivity index (χ1n) is 10.5. The van der Waals surface area contributed by atoms with E-state index in [9.17, 15) is 23.9 Å². The molecule has 0 radical (unpaired) electrons. The van der Waals surface area contributed by atoms with Crippen LogP contribution in [-0.4, -0.2) is 48.2 Å². The van der Waals surface area contributed by atoms with Gasteiger partial charge < -0.3 is 25.2 Å². The van der Waals surface area contributed by atoms with Crippen LogP contribution in [0.4, 0.5) is 10.1 Å². The monoisotopic (exact) mass is 466 g/mol. The number of hydrogen-bond acceptors (Lipinski definition) is 6. The molecule has 0 spiro atoms. The summed E-state index contributed by atoms with van der Waals surface area (Å²) >= 11 is 0. The largest absolute Gasteiger partial charge is 0.482 e. The third-order valence-electron chi connectivity index (χ3n) is 5.69. The lowest BCUT2D eigenvalue weighted by Gasteiger charge is -2.23. The van der Waals surface area contributed by atoms with E-state index < -0.39 is 35.9 Å². The zero-order valence-corrected chi connectivity index (χ0v) is 18.8. The van der Waals surface area contributed by atoms with Crippen molar-refractivity contribution in [1.29, 1.82) is 0 Å². The van der Waals surface area contributed by atoms with E-state index >= 15 is 0 Å². The molecule has 0 saturated carbocycles. The van der Waals surface area contributed by atoms with Gasteiger partial charge >= 0.3 is 5.97 Å². The summed E-state index contributed by atoms with van der Waals surface area (Å²) in [5, 5.41) is 14.4. The normalized spacial score (nSPS) is 19.0. The molecule has 2 aromatic carbocycles. The second-order valence-electron chi connectivity index (χ2n) is 8.36. The standard InChI is InChI=1S/C25H23FN2O6/c1-25(2)17(11-20(34-25)21-16-9-8-15(26)10-18(16)27-23(21)31)13-4-6-14(7-5-13)22(30)28-19(12-29)24(32)33-3/h4-11,19,29H,12H2,1-3H3,(H,27,31)(H,28,30)/b21-20+/t19-/m0/s1. The summed E-state index contributed by atoms with van der Waals surface area (Å²) in [6.45, 7) is 3.12. The van der Waals surface area contributed by atoms with Crippen molar-refractivity contribution >= 4 is 34.6 Å². The molecule has 2 amide bonds. The van der Waals surface area contributed by atoms with Crippen molar-refractivity contribution in [3.63, 3.8) is 0 Å². The van der Waals surface area contributed by atoms with Crippen LogP contribution in [-0.2, 0) is 19.1 Å². The van der Waals surface area contributed by atoms with Crippen LogP contribution in [0.15, 0.2) is 54.3 Å². The van der Waals surface area contributed by atoms with E-state index in [1.54, 1.807) is 30.3 Å². The molecule has 2 aliphatic heterocycles.